The number of hydrogen-bond donors (Lipinski definition) is 2. The molecule has 0 fully saturated rings. The Hall–Kier alpha value is -3.02. The van der Waals surface area contributed by atoms with E-state index < -0.39 is 0 Å². The van der Waals surface area contributed by atoms with E-state index in [0.717, 1.165) is 10.9 Å². The summed E-state index contributed by atoms with van der Waals surface area (Å²) in [6.45, 7) is 3.87. The highest BCUT2D eigenvalue weighted by Crippen LogP contribution is 2.29. The molecule has 0 saturated heterocycles. The zero-order valence-corrected chi connectivity index (χ0v) is 13.8. The maximum Gasteiger partial charge on any atom is 0.255 e. The van der Waals surface area contributed by atoms with E-state index in [1.165, 1.54) is 0 Å². The Morgan fingerprint density at radius 2 is 2.04 bits per heavy atom. The molecule has 0 aliphatic carbocycles. The molecule has 3 aromatic rings. The topological polar surface area (TPSA) is 76.2 Å². The maximum atomic E-state index is 12.5. The lowest BCUT2D eigenvalue weighted by atomic mass is 10.1. The lowest BCUT2D eigenvalue weighted by Crippen LogP contribution is -2.13. The number of nitrogens with zero attached hydrogens (tertiary/aromatic N) is 1. The summed E-state index contributed by atoms with van der Waals surface area (Å²) in [5.41, 5.74) is 1.95. The smallest absolute Gasteiger partial charge is 0.255 e. The molecule has 1 aromatic heterocycles. The summed E-state index contributed by atoms with van der Waals surface area (Å²) in [6.07, 6.45) is 1.74. The van der Waals surface area contributed by atoms with Gasteiger partial charge in [0.1, 0.15) is 0 Å². The van der Waals surface area contributed by atoms with E-state index in [4.69, 9.17) is 9.47 Å². The Morgan fingerprint density at radius 1 is 1.21 bits per heavy atom. The standard InChI is InChI=1S/C18H19N3O3/c1-11(2)24-15-8-7-12(9-16(15)23-3)18(22)20-14-6-4-5-13-10-19-21-17(13)14/h4-11H,1-3H3,(H,19,21)(H,20,22). The number of carbonyl (C=O) groups is 1. The molecule has 124 valence electrons. The number of fused-ring (bicyclic) bond motifs is 1. The minimum Gasteiger partial charge on any atom is -0.493 e. The van der Waals surface area contributed by atoms with Crippen LogP contribution in [0.2, 0.25) is 0 Å². The summed E-state index contributed by atoms with van der Waals surface area (Å²) in [5, 5.41) is 10.7. The number of para-hydroxylation sites is 1. The molecule has 6 heteroatoms. The highest BCUT2D eigenvalue weighted by atomic mass is 16.5. The SMILES string of the molecule is COc1cc(C(=O)Nc2cccc3cn[nH]c23)ccc1OC(C)C. The van der Waals surface area contributed by atoms with Gasteiger partial charge < -0.3 is 14.8 Å². The lowest BCUT2D eigenvalue weighted by molar-refractivity contribution is 0.102. The average Bonchev–Trinajstić information content (AvgIpc) is 3.04. The molecule has 0 saturated carbocycles. The molecule has 0 radical (unpaired) electrons. The van der Waals surface area contributed by atoms with Crippen molar-refractivity contribution in [3.05, 3.63) is 48.2 Å². The molecule has 1 amide bonds. The number of anilines is 1. The van der Waals surface area contributed by atoms with Crippen LogP contribution in [-0.2, 0) is 0 Å². The van der Waals surface area contributed by atoms with Gasteiger partial charge in [-0.1, -0.05) is 12.1 Å². The molecule has 2 N–H and O–H groups in total. The van der Waals surface area contributed by atoms with Crippen molar-refractivity contribution in [1.29, 1.82) is 0 Å². The van der Waals surface area contributed by atoms with E-state index in [1.807, 2.05) is 32.0 Å². The summed E-state index contributed by atoms with van der Waals surface area (Å²) in [7, 11) is 1.55. The number of H-pyrrole nitrogens is 1. The molecule has 6 nitrogen and oxygen atoms in total. The van der Waals surface area contributed by atoms with Crippen molar-refractivity contribution in [2.24, 2.45) is 0 Å². The normalized spacial score (nSPS) is 10.8. The summed E-state index contributed by atoms with van der Waals surface area (Å²) in [6, 6.07) is 10.7. The average molecular weight is 325 g/mol. The van der Waals surface area contributed by atoms with E-state index >= 15 is 0 Å². The summed E-state index contributed by atoms with van der Waals surface area (Å²) >= 11 is 0. The van der Waals surface area contributed by atoms with Crippen LogP contribution in [0.15, 0.2) is 42.6 Å². The van der Waals surface area contributed by atoms with Gasteiger partial charge in [0.2, 0.25) is 0 Å². The fourth-order valence-corrected chi connectivity index (χ4v) is 2.43. The molecule has 2 aromatic carbocycles. The maximum absolute atomic E-state index is 12.5. The highest BCUT2D eigenvalue weighted by Gasteiger charge is 2.13. The quantitative estimate of drug-likeness (QED) is 0.751. The Bertz CT molecular complexity index is 871. The van der Waals surface area contributed by atoms with Gasteiger partial charge in [0.25, 0.3) is 5.91 Å². The first-order chi connectivity index (χ1) is 11.6. The van der Waals surface area contributed by atoms with E-state index in [2.05, 4.69) is 15.5 Å². The number of carbonyl (C=O) groups excluding carboxylic acids is 1. The van der Waals surface area contributed by atoms with Crippen LogP contribution in [0.1, 0.15) is 24.2 Å². The summed E-state index contributed by atoms with van der Waals surface area (Å²) < 4.78 is 11.0. The van der Waals surface area contributed by atoms with E-state index in [9.17, 15) is 4.79 Å². The lowest BCUT2D eigenvalue weighted by Gasteiger charge is -2.14. The monoisotopic (exact) mass is 325 g/mol. The molecule has 24 heavy (non-hydrogen) atoms. The largest absolute Gasteiger partial charge is 0.493 e. The van der Waals surface area contributed by atoms with Gasteiger partial charge in [-0.05, 0) is 38.1 Å². The molecule has 3 rings (SSSR count). The van der Waals surface area contributed by atoms with Crippen LogP contribution in [0.5, 0.6) is 11.5 Å². The second-order valence-electron chi connectivity index (χ2n) is 5.63. The fraction of sp³-hybridized carbons (Fsp3) is 0.222. The van der Waals surface area contributed by atoms with Gasteiger partial charge in [-0.25, -0.2) is 0 Å². The molecule has 0 spiro atoms. The first kappa shape index (κ1) is 15.9. The third-order valence-corrected chi connectivity index (χ3v) is 3.51. The molecule has 0 aliphatic heterocycles. The zero-order chi connectivity index (χ0) is 17.1. The number of hydrogen-bond acceptors (Lipinski definition) is 4. The molecule has 1 heterocycles. The second-order valence-corrected chi connectivity index (χ2v) is 5.63. The number of rotatable bonds is 5. The molecular weight excluding hydrogens is 306 g/mol. The van der Waals surface area contributed by atoms with Crippen LogP contribution in [0.25, 0.3) is 10.9 Å². The van der Waals surface area contributed by atoms with Gasteiger partial charge in [0.05, 0.1) is 30.6 Å². The van der Waals surface area contributed by atoms with Crippen LogP contribution in [-0.4, -0.2) is 29.3 Å². The minimum absolute atomic E-state index is 0.0246. The van der Waals surface area contributed by atoms with Crippen molar-refractivity contribution >= 4 is 22.5 Å². The van der Waals surface area contributed by atoms with Gasteiger partial charge in [0.15, 0.2) is 11.5 Å². The number of ether oxygens (including phenoxy) is 2. The van der Waals surface area contributed by atoms with E-state index in [1.54, 1.807) is 31.5 Å². The van der Waals surface area contributed by atoms with Crippen molar-refractivity contribution in [3.63, 3.8) is 0 Å². The summed E-state index contributed by atoms with van der Waals surface area (Å²) in [4.78, 5) is 12.5. The van der Waals surface area contributed by atoms with Gasteiger partial charge >= 0.3 is 0 Å². The van der Waals surface area contributed by atoms with Crippen LogP contribution in [0, 0.1) is 0 Å². The van der Waals surface area contributed by atoms with Crippen molar-refractivity contribution in [2.75, 3.05) is 12.4 Å². The first-order valence-corrected chi connectivity index (χ1v) is 7.66. The van der Waals surface area contributed by atoms with Gasteiger partial charge in [-0.15, -0.1) is 0 Å². The van der Waals surface area contributed by atoms with E-state index in [-0.39, 0.29) is 12.0 Å². The molecule has 0 aliphatic rings. The number of aromatic nitrogens is 2. The summed E-state index contributed by atoms with van der Waals surface area (Å²) in [5.74, 6) is 0.905. The molecule has 0 unspecified atom stereocenters. The first-order valence-electron chi connectivity index (χ1n) is 7.66. The van der Waals surface area contributed by atoms with E-state index in [0.29, 0.717) is 22.7 Å². The Labute approximate surface area is 139 Å². The van der Waals surface area contributed by atoms with Crippen molar-refractivity contribution in [1.82, 2.24) is 10.2 Å². The third kappa shape index (κ3) is 3.17. The number of benzene rings is 2. The Kier molecular flexibility index (Phi) is 4.37. The number of amides is 1. The van der Waals surface area contributed by atoms with Crippen molar-refractivity contribution < 1.29 is 14.3 Å². The predicted octanol–water partition coefficient (Wildman–Crippen LogP) is 3.61. The van der Waals surface area contributed by atoms with Crippen molar-refractivity contribution in [3.8, 4) is 11.5 Å². The number of nitrogens with one attached hydrogen (secondary N) is 2. The van der Waals surface area contributed by atoms with Crippen molar-refractivity contribution in [2.45, 2.75) is 20.0 Å². The second kappa shape index (κ2) is 6.62. The minimum atomic E-state index is -0.230. The Morgan fingerprint density at radius 3 is 2.79 bits per heavy atom. The fourth-order valence-electron chi connectivity index (χ4n) is 2.43. The number of aromatic amines is 1. The van der Waals surface area contributed by atoms with Gasteiger partial charge in [-0.2, -0.15) is 5.10 Å². The molecule has 0 atom stereocenters. The van der Waals surface area contributed by atoms with Crippen LogP contribution >= 0.6 is 0 Å². The molecule has 0 bridgehead atoms. The van der Waals surface area contributed by atoms with Crippen LogP contribution in [0.3, 0.4) is 0 Å². The van der Waals surface area contributed by atoms with Crippen LogP contribution < -0.4 is 14.8 Å². The number of methoxy groups -OCH3 is 1. The molecular formula is C18H19N3O3. The predicted molar refractivity (Wildman–Crippen MR) is 92.8 cm³/mol. The third-order valence-electron chi connectivity index (χ3n) is 3.51. The Balaban J connectivity index is 1.86. The van der Waals surface area contributed by atoms with Gasteiger partial charge in [0, 0.05) is 10.9 Å². The zero-order valence-electron chi connectivity index (χ0n) is 13.8. The van der Waals surface area contributed by atoms with Crippen LogP contribution in [0.4, 0.5) is 5.69 Å². The van der Waals surface area contributed by atoms with Gasteiger partial charge in [-0.3, -0.25) is 9.89 Å². The highest BCUT2D eigenvalue weighted by molar-refractivity contribution is 6.08.